The highest BCUT2D eigenvalue weighted by Gasteiger charge is 2.35. The van der Waals surface area contributed by atoms with E-state index in [4.69, 9.17) is 0 Å². The van der Waals surface area contributed by atoms with Crippen LogP contribution in [0.5, 0.6) is 0 Å². The van der Waals surface area contributed by atoms with Gasteiger partial charge in [-0.15, -0.1) is 0 Å². The molecule has 0 spiro atoms. The Labute approximate surface area is 127 Å². The normalized spacial score (nSPS) is 11.4. The molecule has 0 unspecified atom stereocenters. The first kappa shape index (κ1) is 18.0. The zero-order chi connectivity index (χ0) is 16.9. The molecule has 0 atom stereocenters. The quantitative estimate of drug-likeness (QED) is 0.908. The predicted octanol–water partition coefficient (Wildman–Crippen LogP) is 2.83. The van der Waals surface area contributed by atoms with E-state index in [-0.39, 0.29) is 11.6 Å². The molecule has 0 fully saturated rings. The molecule has 0 radical (unpaired) electrons. The number of rotatable bonds is 5. The van der Waals surface area contributed by atoms with Gasteiger partial charge in [-0.1, -0.05) is 26.0 Å². The fourth-order valence-corrected chi connectivity index (χ4v) is 1.83. The molecular formula is C15H19F3N2O2. The van der Waals surface area contributed by atoms with Crippen molar-refractivity contribution >= 4 is 17.5 Å². The Balaban J connectivity index is 3.03. The maximum absolute atomic E-state index is 13.0. The lowest BCUT2D eigenvalue weighted by Crippen LogP contribution is -2.41. The van der Waals surface area contributed by atoms with Gasteiger partial charge in [-0.3, -0.25) is 9.59 Å². The van der Waals surface area contributed by atoms with Crippen LogP contribution in [-0.2, 0) is 15.8 Å². The van der Waals surface area contributed by atoms with E-state index in [2.05, 4.69) is 5.32 Å². The number of para-hydroxylation sites is 1. The number of anilines is 1. The standard InChI is InChI=1S/C15H19F3N2O2/c1-10(2)8-19-14(22)9-20(11(3)21)13-7-5-4-6-12(13)15(16,17)18/h4-7,10H,8-9H2,1-3H3,(H,19,22). The molecule has 0 saturated heterocycles. The average Bonchev–Trinajstić information content (AvgIpc) is 2.41. The largest absolute Gasteiger partial charge is 0.418 e. The maximum atomic E-state index is 13.0. The van der Waals surface area contributed by atoms with E-state index >= 15 is 0 Å². The summed E-state index contributed by atoms with van der Waals surface area (Å²) in [5.41, 5.74) is -1.26. The minimum absolute atomic E-state index is 0.206. The molecule has 4 nitrogen and oxygen atoms in total. The highest BCUT2D eigenvalue weighted by atomic mass is 19.4. The number of carbonyl (C=O) groups is 2. The van der Waals surface area contributed by atoms with Gasteiger partial charge in [-0.05, 0) is 18.1 Å². The molecule has 1 rings (SSSR count). The summed E-state index contributed by atoms with van der Waals surface area (Å²) < 4.78 is 39.1. The maximum Gasteiger partial charge on any atom is 0.418 e. The molecule has 0 aliphatic carbocycles. The minimum atomic E-state index is -4.60. The van der Waals surface area contributed by atoms with Crippen LogP contribution in [0.4, 0.5) is 18.9 Å². The number of hydrogen-bond donors (Lipinski definition) is 1. The number of carbonyl (C=O) groups excluding carboxylic acids is 2. The molecule has 0 aliphatic heterocycles. The van der Waals surface area contributed by atoms with Gasteiger partial charge in [0.15, 0.2) is 0 Å². The summed E-state index contributed by atoms with van der Waals surface area (Å²) >= 11 is 0. The molecule has 2 amide bonds. The summed E-state index contributed by atoms with van der Waals surface area (Å²) in [6.07, 6.45) is -4.60. The smallest absolute Gasteiger partial charge is 0.354 e. The monoisotopic (exact) mass is 316 g/mol. The molecule has 1 aromatic rings. The molecule has 0 bridgehead atoms. The van der Waals surface area contributed by atoms with E-state index in [1.807, 2.05) is 13.8 Å². The Bertz CT molecular complexity index is 542. The molecule has 0 aromatic heterocycles. The number of halogens is 3. The second kappa shape index (κ2) is 7.29. The Hall–Kier alpha value is -2.05. The van der Waals surface area contributed by atoms with Crippen LogP contribution in [0.15, 0.2) is 24.3 Å². The molecule has 22 heavy (non-hydrogen) atoms. The summed E-state index contributed by atoms with van der Waals surface area (Å²) in [6, 6.07) is 4.70. The van der Waals surface area contributed by atoms with Crippen molar-refractivity contribution in [1.29, 1.82) is 0 Å². The number of nitrogens with one attached hydrogen (secondary N) is 1. The topological polar surface area (TPSA) is 49.4 Å². The molecule has 1 N–H and O–H groups in total. The lowest BCUT2D eigenvalue weighted by atomic mass is 10.1. The van der Waals surface area contributed by atoms with Gasteiger partial charge < -0.3 is 10.2 Å². The van der Waals surface area contributed by atoms with Crippen molar-refractivity contribution in [2.45, 2.75) is 26.9 Å². The summed E-state index contributed by atoms with van der Waals surface area (Å²) in [5.74, 6) is -0.922. The SMILES string of the molecule is CC(=O)N(CC(=O)NCC(C)C)c1ccccc1C(F)(F)F. The average molecular weight is 316 g/mol. The predicted molar refractivity (Wildman–Crippen MR) is 77.3 cm³/mol. The summed E-state index contributed by atoms with van der Waals surface area (Å²) in [4.78, 5) is 24.3. The van der Waals surface area contributed by atoms with Crippen LogP contribution in [-0.4, -0.2) is 24.9 Å². The number of amides is 2. The fourth-order valence-electron chi connectivity index (χ4n) is 1.83. The molecule has 0 saturated carbocycles. The van der Waals surface area contributed by atoms with E-state index in [1.54, 1.807) is 0 Å². The van der Waals surface area contributed by atoms with Gasteiger partial charge >= 0.3 is 6.18 Å². The zero-order valence-corrected chi connectivity index (χ0v) is 12.7. The van der Waals surface area contributed by atoms with Crippen LogP contribution >= 0.6 is 0 Å². The van der Waals surface area contributed by atoms with Crippen LogP contribution in [0.3, 0.4) is 0 Å². The van der Waals surface area contributed by atoms with Crippen LogP contribution in [0.25, 0.3) is 0 Å². The Morgan fingerprint density at radius 1 is 1.23 bits per heavy atom. The lowest BCUT2D eigenvalue weighted by molar-refractivity contribution is -0.137. The van der Waals surface area contributed by atoms with E-state index < -0.39 is 30.1 Å². The number of benzene rings is 1. The van der Waals surface area contributed by atoms with Gasteiger partial charge in [-0.25, -0.2) is 0 Å². The molecule has 7 heteroatoms. The number of nitrogens with zero attached hydrogens (tertiary/aromatic N) is 1. The molecule has 1 aromatic carbocycles. The van der Waals surface area contributed by atoms with Crippen molar-refractivity contribution in [2.24, 2.45) is 5.92 Å². The molecule has 0 heterocycles. The van der Waals surface area contributed by atoms with Crippen molar-refractivity contribution < 1.29 is 22.8 Å². The summed E-state index contributed by atoms with van der Waals surface area (Å²) in [7, 11) is 0. The third-order valence-corrected chi connectivity index (χ3v) is 2.89. The Kier molecular flexibility index (Phi) is 5.96. The highest BCUT2D eigenvalue weighted by molar-refractivity contribution is 5.98. The summed E-state index contributed by atoms with van der Waals surface area (Å²) in [6.45, 7) is 4.85. The highest BCUT2D eigenvalue weighted by Crippen LogP contribution is 2.36. The van der Waals surface area contributed by atoms with Gasteiger partial charge in [0.1, 0.15) is 6.54 Å². The second-order valence-electron chi connectivity index (χ2n) is 5.32. The van der Waals surface area contributed by atoms with Gasteiger partial charge in [0.2, 0.25) is 11.8 Å². The van der Waals surface area contributed by atoms with E-state index in [0.29, 0.717) is 6.54 Å². The first-order valence-electron chi connectivity index (χ1n) is 6.84. The van der Waals surface area contributed by atoms with Crippen LogP contribution in [0, 0.1) is 5.92 Å². The third-order valence-electron chi connectivity index (χ3n) is 2.89. The van der Waals surface area contributed by atoms with Crippen molar-refractivity contribution in [3.05, 3.63) is 29.8 Å². The zero-order valence-electron chi connectivity index (χ0n) is 12.7. The van der Waals surface area contributed by atoms with Crippen molar-refractivity contribution in [3.63, 3.8) is 0 Å². The first-order chi connectivity index (χ1) is 10.1. The number of hydrogen-bond acceptors (Lipinski definition) is 2. The summed E-state index contributed by atoms with van der Waals surface area (Å²) in [5, 5.41) is 2.58. The second-order valence-corrected chi connectivity index (χ2v) is 5.32. The lowest BCUT2D eigenvalue weighted by Gasteiger charge is -2.24. The van der Waals surface area contributed by atoms with Crippen molar-refractivity contribution in [1.82, 2.24) is 5.32 Å². The number of alkyl halides is 3. The van der Waals surface area contributed by atoms with Gasteiger partial charge in [0.25, 0.3) is 0 Å². The Morgan fingerprint density at radius 2 is 1.82 bits per heavy atom. The van der Waals surface area contributed by atoms with Gasteiger partial charge in [0, 0.05) is 13.5 Å². The molecule has 122 valence electrons. The Morgan fingerprint density at radius 3 is 2.32 bits per heavy atom. The van der Waals surface area contributed by atoms with Gasteiger partial charge in [-0.2, -0.15) is 13.2 Å². The van der Waals surface area contributed by atoms with E-state index in [9.17, 15) is 22.8 Å². The van der Waals surface area contributed by atoms with Crippen LogP contribution in [0.2, 0.25) is 0 Å². The molecule has 0 aliphatic rings. The van der Waals surface area contributed by atoms with Gasteiger partial charge in [0.05, 0.1) is 11.3 Å². The van der Waals surface area contributed by atoms with E-state index in [1.165, 1.54) is 18.2 Å². The van der Waals surface area contributed by atoms with Crippen LogP contribution in [0.1, 0.15) is 26.3 Å². The minimum Gasteiger partial charge on any atom is -0.354 e. The first-order valence-corrected chi connectivity index (χ1v) is 6.84. The van der Waals surface area contributed by atoms with Crippen molar-refractivity contribution in [2.75, 3.05) is 18.0 Å². The van der Waals surface area contributed by atoms with Crippen molar-refractivity contribution in [3.8, 4) is 0 Å². The third kappa shape index (κ3) is 5.05. The van der Waals surface area contributed by atoms with Crippen LogP contribution < -0.4 is 10.2 Å². The molecular weight excluding hydrogens is 297 g/mol. The van der Waals surface area contributed by atoms with E-state index in [0.717, 1.165) is 17.9 Å². The fraction of sp³-hybridized carbons (Fsp3) is 0.467.